The predicted molar refractivity (Wildman–Crippen MR) is 90.5 cm³/mol. The Morgan fingerprint density at radius 3 is 2.58 bits per heavy atom. The third-order valence-corrected chi connectivity index (χ3v) is 4.43. The van der Waals surface area contributed by atoms with Crippen LogP contribution in [0.4, 0.5) is 0 Å². The lowest BCUT2D eigenvalue weighted by Gasteiger charge is -2.31. The molecule has 1 saturated heterocycles. The second kappa shape index (κ2) is 8.28. The smallest absolute Gasteiger partial charge is 0.248 e. The molecule has 134 valence electrons. The molecule has 1 aliphatic heterocycles. The summed E-state index contributed by atoms with van der Waals surface area (Å²) in [6.07, 6.45) is 1.40. The third kappa shape index (κ3) is 4.80. The number of aromatic nitrogens is 2. The number of hydrogen-bond donors (Lipinski definition) is 1. The molecule has 1 aromatic rings. The highest BCUT2D eigenvalue weighted by Gasteiger charge is 2.27. The molecule has 1 N–H and O–H groups in total. The standard InChI is InChI=1S/C17H28N4O3/c1-12-9-14(3)21(19-12)10-13(2)18-17(23)15-5-7-20(8-6-15)16(22)11-24-4/h9,13,15H,5-8,10-11H2,1-4H3,(H,18,23). The van der Waals surface area contributed by atoms with Crippen molar-refractivity contribution in [1.29, 1.82) is 0 Å². The first-order valence-corrected chi connectivity index (χ1v) is 8.49. The van der Waals surface area contributed by atoms with Gasteiger partial charge in [0.15, 0.2) is 0 Å². The van der Waals surface area contributed by atoms with E-state index in [4.69, 9.17) is 4.74 Å². The number of aryl methyl sites for hydroxylation is 2. The number of methoxy groups -OCH3 is 1. The summed E-state index contributed by atoms with van der Waals surface area (Å²) < 4.78 is 6.80. The van der Waals surface area contributed by atoms with E-state index in [2.05, 4.69) is 10.4 Å². The quantitative estimate of drug-likeness (QED) is 0.837. The summed E-state index contributed by atoms with van der Waals surface area (Å²) in [5.41, 5.74) is 2.08. The number of carbonyl (C=O) groups excluding carboxylic acids is 2. The van der Waals surface area contributed by atoms with Crippen LogP contribution in [0.2, 0.25) is 0 Å². The Balaban J connectivity index is 1.78. The van der Waals surface area contributed by atoms with E-state index in [-0.39, 0.29) is 30.4 Å². The second-order valence-electron chi connectivity index (χ2n) is 6.61. The Hall–Kier alpha value is -1.89. The van der Waals surface area contributed by atoms with E-state index in [1.807, 2.05) is 31.5 Å². The molecular weight excluding hydrogens is 308 g/mol. The van der Waals surface area contributed by atoms with E-state index in [9.17, 15) is 9.59 Å². The van der Waals surface area contributed by atoms with Crippen LogP contribution in [0, 0.1) is 19.8 Å². The highest BCUT2D eigenvalue weighted by atomic mass is 16.5. The van der Waals surface area contributed by atoms with Gasteiger partial charge in [-0.2, -0.15) is 5.10 Å². The number of hydrogen-bond acceptors (Lipinski definition) is 4. The normalized spacial score (nSPS) is 16.9. The molecule has 1 unspecified atom stereocenters. The summed E-state index contributed by atoms with van der Waals surface area (Å²) in [5, 5.41) is 7.50. The summed E-state index contributed by atoms with van der Waals surface area (Å²) in [4.78, 5) is 26.0. The first-order chi connectivity index (χ1) is 11.4. The summed E-state index contributed by atoms with van der Waals surface area (Å²) >= 11 is 0. The van der Waals surface area contributed by atoms with Gasteiger partial charge in [0.05, 0.1) is 12.2 Å². The van der Waals surface area contributed by atoms with Gasteiger partial charge in [0, 0.05) is 37.9 Å². The molecule has 0 saturated carbocycles. The van der Waals surface area contributed by atoms with Gasteiger partial charge < -0.3 is 15.0 Å². The predicted octanol–water partition coefficient (Wildman–Crippen LogP) is 0.890. The van der Waals surface area contributed by atoms with E-state index in [1.54, 1.807) is 4.90 Å². The Kier molecular flexibility index (Phi) is 6.36. The van der Waals surface area contributed by atoms with Crippen LogP contribution in [-0.2, 0) is 20.9 Å². The van der Waals surface area contributed by atoms with Gasteiger partial charge in [-0.25, -0.2) is 0 Å². The van der Waals surface area contributed by atoms with Crippen LogP contribution in [0.5, 0.6) is 0 Å². The maximum Gasteiger partial charge on any atom is 0.248 e. The highest BCUT2D eigenvalue weighted by molar-refractivity contribution is 5.80. The molecule has 1 aromatic heterocycles. The largest absolute Gasteiger partial charge is 0.375 e. The molecule has 0 spiro atoms. The van der Waals surface area contributed by atoms with Crippen molar-refractivity contribution in [3.05, 3.63) is 17.5 Å². The molecule has 2 heterocycles. The number of nitrogens with zero attached hydrogens (tertiary/aromatic N) is 3. The van der Waals surface area contributed by atoms with Gasteiger partial charge in [-0.05, 0) is 39.7 Å². The van der Waals surface area contributed by atoms with Crippen LogP contribution in [-0.4, -0.2) is 59.3 Å². The van der Waals surface area contributed by atoms with Crippen LogP contribution < -0.4 is 5.32 Å². The van der Waals surface area contributed by atoms with Crippen molar-refractivity contribution in [1.82, 2.24) is 20.0 Å². The number of amides is 2. The molecule has 1 atom stereocenters. The second-order valence-corrected chi connectivity index (χ2v) is 6.61. The molecule has 1 fully saturated rings. The van der Waals surface area contributed by atoms with Gasteiger partial charge in [-0.3, -0.25) is 14.3 Å². The number of nitrogens with one attached hydrogen (secondary N) is 1. The minimum absolute atomic E-state index is 0.00532. The molecule has 2 amide bonds. The number of carbonyl (C=O) groups is 2. The van der Waals surface area contributed by atoms with E-state index >= 15 is 0 Å². The summed E-state index contributed by atoms with van der Waals surface area (Å²) in [5.74, 6) is 0.0385. The van der Waals surface area contributed by atoms with Gasteiger partial charge in [-0.1, -0.05) is 0 Å². The van der Waals surface area contributed by atoms with E-state index in [1.165, 1.54) is 7.11 Å². The molecule has 2 rings (SSSR count). The molecule has 0 bridgehead atoms. The van der Waals surface area contributed by atoms with Crippen LogP contribution >= 0.6 is 0 Å². The third-order valence-electron chi connectivity index (χ3n) is 4.43. The van der Waals surface area contributed by atoms with Crippen LogP contribution in [0.15, 0.2) is 6.07 Å². The molecular formula is C17H28N4O3. The molecule has 24 heavy (non-hydrogen) atoms. The fourth-order valence-corrected chi connectivity index (χ4v) is 3.13. The first kappa shape index (κ1) is 18.4. The van der Waals surface area contributed by atoms with Crippen molar-refractivity contribution in [2.75, 3.05) is 26.8 Å². The average molecular weight is 336 g/mol. The average Bonchev–Trinajstić information content (AvgIpc) is 2.85. The monoisotopic (exact) mass is 336 g/mol. The Morgan fingerprint density at radius 1 is 1.38 bits per heavy atom. The minimum atomic E-state index is -0.0282. The summed E-state index contributed by atoms with van der Waals surface area (Å²) in [6, 6.07) is 2.05. The van der Waals surface area contributed by atoms with Crippen molar-refractivity contribution in [2.45, 2.75) is 46.2 Å². The summed E-state index contributed by atoms with van der Waals surface area (Å²) in [7, 11) is 1.52. The molecule has 0 radical (unpaired) electrons. The van der Waals surface area contributed by atoms with Gasteiger partial charge >= 0.3 is 0 Å². The number of likely N-dealkylation sites (tertiary alicyclic amines) is 1. The van der Waals surface area contributed by atoms with E-state index in [0.717, 1.165) is 11.4 Å². The zero-order chi connectivity index (χ0) is 17.7. The molecule has 7 nitrogen and oxygen atoms in total. The lowest BCUT2D eigenvalue weighted by molar-refractivity contribution is -0.138. The fourth-order valence-electron chi connectivity index (χ4n) is 3.13. The zero-order valence-corrected chi connectivity index (χ0v) is 15.0. The Bertz CT molecular complexity index is 576. The van der Waals surface area contributed by atoms with Crippen molar-refractivity contribution < 1.29 is 14.3 Å². The van der Waals surface area contributed by atoms with Gasteiger partial charge in [-0.15, -0.1) is 0 Å². The molecule has 0 aliphatic carbocycles. The van der Waals surface area contributed by atoms with Gasteiger partial charge in [0.2, 0.25) is 11.8 Å². The molecule has 0 aromatic carbocycles. The number of rotatable bonds is 6. The van der Waals surface area contributed by atoms with Crippen LogP contribution in [0.1, 0.15) is 31.2 Å². The Labute approximate surface area is 143 Å². The number of piperidine rings is 1. The van der Waals surface area contributed by atoms with Crippen molar-refractivity contribution in [3.63, 3.8) is 0 Å². The highest BCUT2D eigenvalue weighted by Crippen LogP contribution is 2.18. The van der Waals surface area contributed by atoms with Crippen molar-refractivity contribution >= 4 is 11.8 Å². The molecule has 7 heteroatoms. The van der Waals surface area contributed by atoms with Crippen LogP contribution in [0.3, 0.4) is 0 Å². The minimum Gasteiger partial charge on any atom is -0.375 e. The van der Waals surface area contributed by atoms with Crippen LogP contribution in [0.25, 0.3) is 0 Å². The fraction of sp³-hybridized carbons (Fsp3) is 0.706. The zero-order valence-electron chi connectivity index (χ0n) is 15.0. The first-order valence-electron chi connectivity index (χ1n) is 8.49. The molecule has 1 aliphatic rings. The lowest BCUT2D eigenvalue weighted by Crippen LogP contribution is -2.46. The van der Waals surface area contributed by atoms with E-state index < -0.39 is 0 Å². The van der Waals surface area contributed by atoms with E-state index in [0.29, 0.717) is 32.5 Å². The lowest BCUT2D eigenvalue weighted by atomic mass is 9.95. The Morgan fingerprint density at radius 2 is 2.04 bits per heavy atom. The SMILES string of the molecule is COCC(=O)N1CCC(C(=O)NC(C)Cn2nc(C)cc2C)CC1. The number of ether oxygens (including phenoxy) is 1. The van der Waals surface area contributed by atoms with Crippen molar-refractivity contribution in [2.24, 2.45) is 5.92 Å². The maximum atomic E-state index is 12.4. The van der Waals surface area contributed by atoms with Gasteiger partial charge in [0.25, 0.3) is 0 Å². The maximum absolute atomic E-state index is 12.4. The summed E-state index contributed by atoms with van der Waals surface area (Å²) in [6.45, 7) is 7.98. The van der Waals surface area contributed by atoms with Gasteiger partial charge in [0.1, 0.15) is 6.61 Å². The van der Waals surface area contributed by atoms with Crippen molar-refractivity contribution in [3.8, 4) is 0 Å². The topological polar surface area (TPSA) is 76.5 Å².